The van der Waals surface area contributed by atoms with Crippen molar-refractivity contribution in [2.75, 3.05) is 11.9 Å². The van der Waals surface area contributed by atoms with Gasteiger partial charge in [0.05, 0.1) is 35.1 Å². The van der Waals surface area contributed by atoms with Crippen LogP contribution < -0.4 is 10.6 Å². The van der Waals surface area contributed by atoms with Crippen LogP contribution in [0.1, 0.15) is 38.1 Å². The van der Waals surface area contributed by atoms with Crippen LogP contribution in [0.4, 0.5) is 14.5 Å². The monoisotopic (exact) mass is 416 g/mol. The fourth-order valence-electron chi connectivity index (χ4n) is 3.00. The average Bonchev–Trinajstić information content (AvgIpc) is 3.10. The van der Waals surface area contributed by atoms with E-state index >= 15 is 0 Å². The van der Waals surface area contributed by atoms with E-state index in [9.17, 15) is 18.7 Å². The van der Waals surface area contributed by atoms with Crippen LogP contribution >= 0.6 is 0 Å². The molecule has 2 aromatic heterocycles. The van der Waals surface area contributed by atoms with E-state index in [0.717, 1.165) is 11.1 Å². The highest BCUT2D eigenvalue weighted by Gasteiger charge is 2.27. The number of hydrogen-bond donors (Lipinski definition) is 3. The number of halogens is 2. The van der Waals surface area contributed by atoms with E-state index in [2.05, 4.69) is 15.7 Å². The highest BCUT2D eigenvalue weighted by Crippen LogP contribution is 2.29. The number of anilines is 1. The van der Waals surface area contributed by atoms with Crippen molar-refractivity contribution in [2.45, 2.75) is 45.5 Å². The number of fused-ring (bicyclic) bond motifs is 1. The van der Waals surface area contributed by atoms with Crippen molar-refractivity contribution in [3.63, 3.8) is 0 Å². The van der Waals surface area contributed by atoms with E-state index in [4.69, 9.17) is 0 Å². The normalized spacial score (nSPS) is 12.9. The topological polar surface area (TPSA) is 78.7 Å². The highest BCUT2D eigenvalue weighted by molar-refractivity contribution is 6.03. The third-order valence-electron chi connectivity index (χ3n) is 4.70. The molecule has 0 bridgehead atoms. The first kappa shape index (κ1) is 21.7. The first-order valence-electron chi connectivity index (χ1n) is 9.74. The Morgan fingerprint density at radius 1 is 1.23 bits per heavy atom. The molecule has 2 heterocycles. The fraction of sp³-hybridized carbons (Fsp3) is 0.364. The molecule has 0 radical (unpaired) electrons. The van der Waals surface area contributed by atoms with Gasteiger partial charge in [-0.15, -0.1) is 0 Å². The summed E-state index contributed by atoms with van der Waals surface area (Å²) < 4.78 is 28.9. The van der Waals surface area contributed by atoms with Crippen molar-refractivity contribution in [1.82, 2.24) is 14.9 Å². The van der Waals surface area contributed by atoms with Crippen molar-refractivity contribution in [3.8, 4) is 11.1 Å². The predicted molar refractivity (Wildman–Crippen MR) is 113 cm³/mol. The lowest BCUT2D eigenvalue weighted by Gasteiger charge is -2.23. The lowest BCUT2D eigenvalue weighted by Crippen LogP contribution is -2.42. The SMILES string of the molecule is CC(C)Nc1c(C(=O)NC[C@@H](F)C(C)(C)O)cnn2cc(-c3ccc(F)cc3)cc12. The molecule has 3 rings (SSSR count). The average molecular weight is 416 g/mol. The molecule has 3 N–H and O–H groups in total. The van der Waals surface area contributed by atoms with E-state index in [0.29, 0.717) is 11.2 Å². The van der Waals surface area contributed by atoms with Crippen molar-refractivity contribution >= 4 is 17.1 Å². The predicted octanol–water partition coefficient (Wildman–Crippen LogP) is 3.80. The molecule has 0 unspecified atom stereocenters. The van der Waals surface area contributed by atoms with Gasteiger partial charge in [0, 0.05) is 17.8 Å². The van der Waals surface area contributed by atoms with Gasteiger partial charge in [0.2, 0.25) is 0 Å². The summed E-state index contributed by atoms with van der Waals surface area (Å²) in [6.45, 7) is 6.25. The Bertz CT molecular complexity index is 1040. The first-order valence-corrected chi connectivity index (χ1v) is 9.74. The van der Waals surface area contributed by atoms with E-state index < -0.39 is 17.7 Å². The summed E-state index contributed by atoms with van der Waals surface area (Å²) in [5, 5.41) is 19.8. The lowest BCUT2D eigenvalue weighted by atomic mass is 10.0. The minimum absolute atomic E-state index is 0.0252. The number of carbonyl (C=O) groups is 1. The molecule has 1 atom stereocenters. The maximum atomic E-state index is 14.0. The Labute approximate surface area is 173 Å². The van der Waals surface area contributed by atoms with E-state index in [1.54, 1.807) is 22.8 Å². The first-order chi connectivity index (χ1) is 14.1. The van der Waals surface area contributed by atoms with Crippen LogP contribution in [-0.2, 0) is 0 Å². The Kier molecular flexibility index (Phi) is 6.07. The van der Waals surface area contributed by atoms with Crippen molar-refractivity contribution in [1.29, 1.82) is 0 Å². The molecule has 3 aromatic rings. The molecule has 160 valence electrons. The number of aliphatic hydroxyl groups is 1. The van der Waals surface area contributed by atoms with Crippen LogP contribution in [0.15, 0.2) is 42.7 Å². The summed E-state index contributed by atoms with van der Waals surface area (Å²) >= 11 is 0. The van der Waals surface area contributed by atoms with Crippen molar-refractivity contribution < 1.29 is 18.7 Å². The summed E-state index contributed by atoms with van der Waals surface area (Å²) in [5.41, 5.74) is 1.56. The minimum atomic E-state index is -1.61. The number of aromatic nitrogens is 2. The molecule has 0 saturated carbocycles. The van der Waals surface area contributed by atoms with Crippen molar-refractivity contribution in [3.05, 3.63) is 54.1 Å². The van der Waals surface area contributed by atoms with Crippen LogP contribution in [0.3, 0.4) is 0 Å². The second-order valence-electron chi connectivity index (χ2n) is 8.13. The highest BCUT2D eigenvalue weighted by atomic mass is 19.1. The number of rotatable bonds is 7. The van der Waals surface area contributed by atoms with Gasteiger partial charge in [-0.1, -0.05) is 12.1 Å². The molecular formula is C22H26F2N4O2. The smallest absolute Gasteiger partial charge is 0.255 e. The second-order valence-corrected chi connectivity index (χ2v) is 8.13. The van der Waals surface area contributed by atoms with E-state index in [1.165, 1.54) is 32.2 Å². The van der Waals surface area contributed by atoms with Gasteiger partial charge in [-0.05, 0) is 51.5 Å². The molecule has 30 heavy (non-hydrogen) atoms. The number of carbonyl (C=O) groups excluding carboxylic acids is 1. The van der Waals surface area contributed by atoms with Gasteiger partial charge < -0.3 is 15.7 Å². The number of amides is 1. The van der Waals surface area contributed by atoms with Gasteiger partial charge >= 0.3 is 0 Å². The van der Waals surface area contributed by atoms with Gasteiger partial charge in [0.25, 0.3) is 5.91 Å². The van der Waals surface area contributed by atoms with E-state index in [1.807, 2.05) is 19.9 Å². The number of benzene rings is 1. The zero-order chi connectivity index (χ0) is 22.1. The molecule has 0 saturated heterocycles. The Balaban J connectivity index is 1.98. The third kappa shape index (κ3) is 4.76. The van der Waals surface area contributed by atoms with Gasteiger partial charge in [-0.3, -0.25) is 4.79 Å². The molecule has 0 fully saturated rings. The van der Waals surface area contributed by atoms with Gasteiger partial charge in [0.15, 0.2) is 0 Å². The molecule has 0 aliphatic heterocycles. The Morgan fingerprint density at radius 2 is 1.90 bits per heavy atom. The number of alkyl halides is 1. The Morgan fingerprint density at radius 3 is 2.50 bits per heavy atom. The number of nitrogens with one attached hydrogen (secondary N) is 2. The maximum Gasteiger partial charge on any atom is 0.255 e. The molecular weight excluding hydrogens is 390 g/mol. The largest absolute Gasteiger partial charge is 0.387 e. The number of hydrogen-bond acceptors (Lipinski definition) is 4. The summed E-state index contributed by atoms with van der Waals surface area (Å²) in [6.07, 6.45) is 1.60. The summed E-state index contributed by atoms with van der Waals surface area (Å²) in [7, 11) is 0. The zero-order valence-corrected chi connectivity index (χ0v) is 17.4. The van der Waals surface area contributed by atoms with Gasteiger partial charge in [-0.25, -0.2) is 13.3 Å². The maximum absolute atomic E-state index is 14.0. The van der Waals surface area contributed by atoms with Crippen molar-refractivity contribution in [2.24, 2.45) is 0 Å². The van der Waals surface area contributed by atoms with E-state index in [-0.39, 0.29) is 24.0 Å². The molecule has 1 aromatic carbocycles. The Hall–Kier alpha value is -3.00. The van der Waals surface area contributed by atoms with Gasteiger partial charge in [0.1, 0.15) is 12.0 Å². The molecule has 0 aliphatic carbocycles. The third-order valence-corrected chi connectivity index (χ3v) is 4.70. The number of nitrogens with zero attached hydrogens (tertiary/aromatic N) is 2. The van der Waals surface area contributed by atoms with Crippen LogP contribution in [0, 0.1) is 5.82 Å². The molecule has 0 aliphatic rings. The van der Waals surface area contributed by atoms with Crippen LogP contribution in [-0.4, -0.2) is 45.0 Å². The summed E-state index contributed by atoms with van der Waals surface area (Å²) in [6, 6.07) is 7.99. The quantitative estimate of drug-likeness (QED) is 0.548. The molecule has 1 amide bonds. The minimum Gasteiger partial charge on any atom is -0.387 e. The molecule has 0 spiro atoms. The molecule has 6 nitrogen and oxygen atoms in total. The zero-order valence-electron chi connectivity index (χ0n) is 17.4. The summed E-state index contributed by atoms with van der Waals surface area (Å²) in [5.74, 6) is -0.816. The summed E-state index contributed by atoms with van der Waals surface area (Å²) in [4.78, 5) is 12.7. The van der Waals surface area contributed by atoms with Crippen LogP contribution in [0.2, 0.25) is 0 Å². The van der Waals surface area contributed by atoms with Crippen LogP contribution in [0.5, 0.6) is 0 Å². The lowest BCUT2D eigenvalue weighted by molar-refractivity contribution is -0.00177. The van der Waals surface area contributed by atoms with Crippen LogP contribution in [0.25, 0.3) is 16.6 Å². The standard InChI is InChI=1S/C22H26F2N4O2/c1-13(2)27-20-17(21(29)25-11-19(24)22(3,4)30)10-26-28-12-15(9-18(20)28)14-5-7-16(23)8-6-14/h5-10,12-13,19,27,30H,11H2,1-4H3,(H,25,29)/t19-/m1/s1. The molecule has 8 heteroatoms. The van der Waals surface area contributed by atoms with Gasteiger partial charge in [-0.2, -0.15) is 5.10 Å². The second kappa shape index (κ2) is 8.39. The fourth-order valence-corrected chi connectivity index (χ4v) is 3.00.